The summed E-state index contributed by atoms with van der Waals surface area (Å²) in [5, 5.41) is 9.28. The molecule has 2 N–H and O–H groups in total. The van der Waals surface area contributed by atoms with Crippen LogP contribution in [0.1, 0.15) is 19.0 Å². The Morgan fingerprint density at radius 1 is 1.12 bits per heavy atom. The van der Waals surface area contributed by atoms with E-state index < -0.39 is 5.97 Å². The molecule has 5 heteroatoms. The maximum atomic E-state index is 11.3. The largest absolute Gasteiger partial charge is 0.478 e. The number of aromatic nitrogens is 3. The molecule has 0 saturated carbocycles. The quantitative estimate of drug-likeness (QED) is 0.696. The van der Waals surface area contributed by atoms with Crippen molar-refractivity contribution < 1.29 is 9.90 Å². The zero-order valence-electron chi connectivity index (χ0n) is 13.2. The molecule has 0 unspecified atom stereocenters. The molecule has 0 radical (unpaired) electrons. The molecule has 0 spiro atoms. The zero-order chi connectivity index (χ0) is 16.9. The minimum Gasteiger partial charge on any atom is -0.478 e. The first-order valence-electron chi connectivity index (χ1n) is 7.68. The number of allylic oxidation sites excluding steroid dienone is 1. The van der Waals surface area contributed by atoms with E-state index in [0.717, 1.165) is 16.7 Å². The molecule has 0 fully saturated rings. The van der Waals surface area contributed by atoms with Crippen LogP contribution in [0.5, 0.6) is 0 Å². The molecule has 24 heavy (non-hydrogen) atoms. The lowest BCUT2D eigenvalue weighted by atomic mass is 10.1. The molecule has 2 heterocycles. The van der Waals surface area contributed by atoms with E-state index in [0.29, 0.717) is 17.9 Å². The number of H-pyrrole nitrogens is 1. The minimum atomic E-state index is -0.959. The Balaban J connectivity index is 1.88. The van der Waals surface area contributed by atoms with Gasteiger partial charge in [-0.1, -0.05) is 43.3 Å². The monoisotopic (exact) mass is 319 g/mol. The fraction of sp³-hybridized carbons (Fsp3) is 0.105. The van der Waals surface area contributed by atoms with Crippen LogP contribution >= 0.6 is 0 Å². The van der Waals surface area contributed by atoms with Gasteiger partial charge in [-0.2, -0.15) is 0 Å². The zero-order valence-corrected chi connectivity index (χ0v) is 13.2. The van der Waals surface area contributed by atoms with Crippen molar-refractivity contribution in [3.05, 3.63) is 66.8 Å². The van der Waals surface area contributed by atoms with Crippen molar-refractivity contribution in [1.29, 1.82) is 0 Å². The van der Waals surface area contributed by atoms with Gasteiger partial charge in [-0.15, -0.1) is 0 Å². The van der Waals surface area contributed by atoms with Crippen LogP contribution in [0.4, 0.5) is 0 Å². The molecule has 3 aromatic rings. The number of imidazole rings is 1. The van der Waals surface area contributed by atoms with Gasteiger partial charge in [0.05, 0.1) is 17.5 Å². The van der Waals surface area contributed by atoms with Crippen LogP contribution in [0.15, 0.2) is 61.1 Å². The number of nitrogens with zero attached hydrogens (tertiary/aromatic N) is 2. The number of rotatable bonds is 5. The Bertz CT molecular complexity index is 865. The average molecular weight is 319 g/mol. The second-order valence-electron chi connectivity index (χ2n) is 5.30. The van der Waals surface area contributed by atoms with Crippen molar-refractivity contribution in [2.75, 3.05) is 0 Å². The summed E-state index contributed by atoms with van der Waals surface area (Å²) in [6.07, 6.45) is 7.43. The average Bonchev–Trinajstić information content (AvgIpc) is 3.10. The van der Waals surface area contributed by atoms with Gasteiger partial charge in [0, 0.05) is 18.0 Å². The summed E-state index contributed by atoms with van der Waals surface area (Å²) in [6, 6.07) is 11.8. The van der Waals surface area contributed by atoms with E-state index in [1.165, 1.54) is 0 Å². The highest BCUT2D eigenvalue weighted by Gasteiger charge is 2.13. The van der Waals surface area contributed by atoms with Gasteiger partial charge in [-0.25, -0.2) is 9.78 Å². The molecule has 0 aliphatic carbocycles. The smallest absolute Gasteiger partial charge is 0.337 e. The summed E-state index contributed by atoms with van der Waals surface area (Å²) in [6.45, 7) is 1.90. The normalized spacial score (nSPS) is 11.5. The van der Waals surface area contributed by atoms with Gasteiger partial charge < -0.3 is 10.1 Å². The lowest BCUT2D eigenvalue weighted by molar-refractivity contribution is -0.130. The van der Waals surface area contributed by atoms with Gasteiger partial charge in [0.15, 0.2) is 0 Å². The van der Waals surface area contributed by atoms with E-state index in [1.807, 2.05) is 49.5 Å². The fourth-order valence-electron chi connectivity index (χ4n) is 2.48. The van der Waals surface area contributed by atoms with Gasteiger partial charge in [0.25, 0.3) is 0 Å². The van der Waals surface area contributed by atoms with Crippen molar-refractivity contribution in [3.8, 4) is 22.5 Å². The molecule has 0 atom stereocenters. The van der Waals surface area contributed by atoms with Crippen LogP contribution in [0.2, 0.25) is 0 Å². The van der Waals surface area contributed by atoms with Gasteiger partial charge in [0.1, 0.15) is 5.82 Å². The number of hydrogen-bond acceptors (Lipinski definition) is 3. The topological polar surface area (TPSA) is 78.9 Å². The summed E-state index contributed by atoms with van der Waals surface area (Å²) >= 11 is 0. The molecule has 2 aromatic heterocycles. The van der Waals surface area contributed by atoms with Gasteiger partial charge >= 0.3 is 5.97 Å². The van der Waals surface area contributed by atoms with Crippen LogP contribution in [-0.2, 0) is 4.79 Å². The molecule has 5 nitrogen and oxygen atoms in total. The molecule has 1 aromatic carbocycles. The summed E-state index contributed by atoms with van der Waals surface area (Å²) in [7, 11) is 0. The van der Waals surface area contributed by atoms with Crippen LogP contribution < -0.4 is 0 Å². The number of nitrogens with one attached hydrogen (secondary N) is 1. The van der Waals surface area contributed by atoms with Gasteiger partial charge in [-0.05, 0) is 23.6 Å². The first-order valence-corrected chi connectivity index (χ1v) is 7.68. The SMILES string of the molecule is CC/C=C(/C(=O)O)c1cnc(-c2ccc(-c3cccnc3)cc2)[nH]1. The first kappa shape index (κ1) is 15.7. The van der Waals surface area contributed by atoms with Crippen molar-refractivity contribution in [3.63, 3.8) is 0 Å². The number of benzene rings is 1. The van der Waals surface area contributed by atoms with Crippen molar-refractivity contribution in [2.24, 2.45) is 0 Å². The molecule has 120 valence electrons. The Morgan fingerprint density at radius 2 is 1.88 bits per heavy atom. The molecule has 0 bridgehead atoms. The summed E-state index contributed by atoms with van der Waals surface area (Å²) in [4.78, 5) is 22.8. The van der Waals surface area contributed by atoms with Crippen LogP contribution in [0.3, 0.4) is 0 Å². The third-order valence-electron chi connectivity index (χ3n) is 3.66. The third-order valence-corrected chi connectivity index (χ3v) is 3.66. The highest BCUT2D eigenvalue weighted by Crippen LogP contribution is 2.24. The standard InChI is InChI=1S/C19H17N3O2/c1-2-4-16(19(23)24)17-12-21-18(22-17)14-8-6-13(7-9-14)15-5-3-10-20-11-15/h3-12H,2H2,1H3,(H,21,22)(H,23,24)/b16-4+. The van der Waals surface area contributed by atoms with Crippen LogP contribution in [0, 0.1) is 0 Å². The predicted octanol–water partition coefficient (Wildman–Crippen LogP) is 4.02. The van der Waals surface area contributed by atoms with Gasteiger partial charge in [-0.3, -0.25) is 4.98 Å². The van der Waals surface area contributed by atoms with Crippen LogP contribution in [-0.4, -0.2) is 26.0 Å². The first-order chi connectivity index (χ1) is 11.7. The van der Waals surface area contributed by atoms with E-state index in [9.17, 15) is 9.90 Å². The Kier molecular flexibility index (Phi) is 4.52. The Labute approximate surface area is 139 Å². The van der Waals surface area contributed by atoms with Crippen molar-refractivity contribution in [1.82, 2.24) is 15.0 Å². The number of pyridine rings is 1. The number of aromatic amines is 1. The Morgan fingerprint density at radius 3 is 2.50 bits per heavy atom. The predicted molar refractivity (Wildman–Crippen MR) is 93.2 cm³/mol. The summed E-state index contributed by atoms with van der Waals surface area (Å²) in [5.41, 5.74) is 3.76. The van der Waals surface area contributed by atoms with Gasteiger partial charge in [0.2, 0.25) is 0 Å². The number of aliphatic carboxylic acids is 1. The Hall–Kier alpha value is -3.21. The number of carbonyl (C=O) groups is 1. The summed E-state index contributed by atoms with van der Waals surface area (Å²) < 4.78 is 0. The third kappa shape index (κ3) is 3.25. The van der Waals surface area contributed by atoms with E-state index in [1.54, 1.807) is 18.5 Å². The molecule has 0 saturated heterocycles. The minimum absolute atomic E-state index is 0.239. The fourth-order valence-corrected chi connectivity index (χ4v) is 2.48. The number of carboxylic acid groups (broad SMARTS) is 1. The second kappa shape index (κ2) is 6.91. The molecule has 0 aliphatic rings. The van der Waals surface area contributed by atoms with Crippen molar-refractivity contribution in [2.45, 2.75) is 13.3 Å². The highest BCUT2D eigenvalue weighted by molar-refractivity contribution is 6.14. The maximum absolute atomic E-state index is 11.3. The molecular formula is C19H17N3O2. The number of carboxylic acids is 1. The van der Waals surface area contributed by atoms with Crippen LogP contribution in [0.25, 0.3) is 28.1 Å². The lowest BCUT2D eigenvalue weighted by Gasteiger charge is -2.02. The molecule has 0 amide bonds. The number of hydrogen-bond donors (Lipinski definition) is 2. The molecule has 3 rings (SSSR count). The van der Waals surface area contributed by atoms with E-state index in [-0.39, 0.29) is 5.57 Å². The second-order valence-corrected chi connectivity index (χ2v) is 5.30. The molecular weight excluding hydrogens is 302 g/mol. The van der Waals surface area contributed by atoms with E-state index in [2.05, 4.69) is 15.0 Å². The highest BCUT2D eigenvalue weighted by atomic mass is 16.4. The van der Waals surface area contributed by atoms with E-state index in [4.69, 9.17) is 0 Å². The summed E-state index contributed by atoms with van der Waals surface area (Å²) in [5.74, 6) is -0.315. The molecule has 0 aliphatic heterocycles. The van der Waals surface area contributed by atoms with Crippen molar-refractivity contribution >= 4 is 11.5 Å². The van der Waals surface area contributed by atoms with E-state index >= 15 is 0 Å². The lowest BCUT2D eigenvalue weighted by Crippen LogP contribution is -1.99. The maximum Gasteiger partial charge on any atom is 0.337 e.